The van der Waals surface area contributed by atoms with Gasteiger partial charge in [-0.15, -0.1) is 13.2 Å². The third kappa shape index (κ3) is 28.0. The Balaban J connectivity index is 0.000000190. The van der Waals surface area contributed by atoms with E-state index in [-0.39, 0.29) is 47.2 Å². The second-order valence-corrected chi connectivity index (χ2v) is 25.5. The molecule has 5 amide bonds. The van der Waals surface area contributed by atoms with Gasteiger partial charge in [0, 0.05) is 62.9 Å². The summed E-state index contributed by atoms with van der Waals surface area (Å²) in [5.41, 5.74) is 5.03. The topological polar surface area (TPSA) is 162 Å². The Bertz CT molecular complexity index is 2990. The van der Waals surface area contributed by atoms with E-state index in [9.17, 15) is 32.8 Å². The van der Waals surface area contributed by atoms with Crippen LogP contribution in [0, 0.1) is 11.6 Å². The summed E-state index contributed by atoms with van der Waals surface area (Å²) >= 11 is 0. The lowest BCUT2D eigenvalue weighted by molar-refractivity contribution is -0.134. The van der Waals surface area contributed by atoms with Crippen LogP contribution in [0.15, 0.2) is 165 Å². The summed E-state index contributed by atoms with van der Waals surface area (Å²) in [6.07, 6.45) is 18.2. The van der Waals surface area contributed by atoms with Crippen LogP contribution in [-0.2, 0) is 56.1 Å². The van der Waals surface area contributed by atoms with Crippen molar-refractivity contribution in [2.75, 3.05) is 98.2 Å². The van der Waals surface area contributed by atoms with Crippen LogP contribution in [0.25, 0.3) is 0 Å². The predicted octanol–water partition coefficient (Wildman–Crippen LogP) is 10.5. The summed E-state index contributed by atoms with van der Waals surface area (Å²) in [5, 5.41) is 16.7. The van der Waals surface area contributed by atoms with Crippen molar-refractivity contribution in [3.8, 4) is 0 Å². The van der Waals surface area contributed by atoms with Crippen molar-refractivity contribution in [2.24, 2.45) is 0 Å². The third-order valence-electron chi connectivity index (χ3n) is 18.4. The van der Waals surface area contributed by atoms with Gasteiger partial charge in [0.2, 0.25) is 29.5 Å². The molecule has 15 nitrogen and oxygen atoms in total. The quantitative estimate of drug-likeness (QED) is 0.0376. The second-order valence-electron chi connectivity index (χ2n) is 25.5. The zero-order valence-corrected chi connectivity index (χ0v) is 57.9. The first-order valence-corrected chi connectivity index (χ1v) is 35.7. The average Bonchev–Trinajstić information content (AvgIpc) is 1.47. The van der Waals surface area contributed by atoms with Gasteiger partial charge in [-0.25, -0.2) is 8.78 Å². The van der Waals surface area contributed by atoms with Gasteiger partial charge in [0.15, 0.2) is 0 Å². The normalized spacial score (nSPS) is 16.1. The molecular formula is C79H112F2N10O5. The van der Waals surface area contributed by atoms with Crippen molar-refractivity contribution in [3.05, 3.63) is 204 Å². The number of hydrogen-bond donors (Lipinski definition) is 5. The molecule has 5 N–H and O–H groups in total. The number of amides is 5. The molecule has 5 aliphatic heterocycles. The fraction of sp³-hybridized carbons (Fsp3) is 0.506. The molecule has 5 fully saturated rings. The number of carbonyl (C=O) groups is 5. The van der Waals surface area contributed by atoms with E-state index >= 15 is 0 Å². The minimum absolute atomic E-state index is 0.0865. The smallest absolute Gasteiger partial charge is 0.227 e. The molecule has 5 heterocycles. The molecule has 5 saturated heterocycles. The Labute approximate surface area is 573 Å². The van der Waals surface area contributed by atoms with Gasteiger partial charge in [-0.3, -0.25) is 24.0 Å². The van der Waals surface area contributed by atoms with Crippen LogP contribution < -0.4 is 26.6 Å². The summed E-state index contributed by atoms with van der Waals surface area (Å²) in [4.78, 5) is 72.3. The molecule has 96 heavy (non-hydrogen) atoms. The van der Waals surface area contributed by atoms with Gasteiger partial charge >= 0.3 is 0 Å². The van der Waals surface area contributed by atoms with Crippen molar-refractivity contribution < 1.29 is 32.8 Å². The van der Waals surface area contributed by atoms with E-state index in [0.717, 1.165) is 190 Å². The summed E-state index contributed by atoms with van der Waals surface area (Å²) in [7, 11) is 0. The third-order valence-corrected chi connectivity index (χ3v) is 18.4. The fourth-order valence-electron chi connectivity index (χ4n) is 13.3. The van der Waals surface area contributed by atoms with E-state index in [4.69, 9.17) is 0 Å². The number of rotatable bonds is 24. The van der Waals surface area contributed by atoms with Gasteiger partial charge in [0.1, 0.15) is 11.6 Å². The lowest BCUT2D eigenvalue weighted by atomic mass is 10.0. The minimum atomic E-state index is -0.275. The number of nitrogens with zero attached hydrogens (tertiary/aromatic N) is 5. The van der Waals surface area contributed by atoms with Gasteiger partial charge in [-0.1, -0.05) is 141 Å². The van der Waals surface area contributed by atoms with Gasteiger partial charge in [-0.05, 0) is 202 Å². The molecule has 0 saturated carbocycles. The molecule has 10 rings (SSSR count). The molecule has 5 aromatic rings. The monoisotopic (exact) mass is 1320 g/mol. The summed E-state index contributed by atoms with van der Waals surface area (Å²) in [6, 6.07) is 44.2. The zero-order valence-electron chi connectivity index (χ0n) is 57.9. The molecule has 0 aliphatic carbocycles. The number of nitrogens with one attached hydrogen (secondary N) is 5. The maximum Gasteiger partial charge on any atom is 0.227 e. The first kappa shape index (κ1) is 77.6. The molecule has 17 heteroatoms. The molecule has 0 aromatic heterocycles. The maximum absolute atomic E-state index is 12.9. The maximum atomic E-state index is 12.9. The largest absolute Gasteiger partial charge is 0.340 e. The molecule has 0 radical (unpaired) electrons. The Morgan fingerprint density at radius 1 is 0.344 bits per heavy atom. The van der Waals surface area contributed by atoms with Gasteiger partial charge in [-0.2, -0.15) is 0 Å². The van der Waals surface area contributed by atoms with E-state index in [1.165, 1.54) is 24.3 Å². The number of piperidine rings is 5. The summed E-state index contributed by atoms with van der Waals surface area (Å²) in [5.74, 6) is 0.454. The fourth-order valence-corrected chi connectivity index (χ4v) is 13.3. The number of benzene rings is 5. The molecular weight excluding hydrogens is 1210 g/mol. The van der Waals surface area contributed by atoms with Crippen molar-refractivity contribution in [1.29, 1.82) is 0 Å². The Kier molecular flexibility index (Phi) is 36.5. The second kappa shape index (κ2) is 45.2. The molecule has 5 aromatic carbocycles. The van der Waals surface area contributed by atoms with Gasteiger partial charge in [0.05, 0.1) is 32.1 Å². The van der Waals surface area contributed by atoms with Crippen LogP contribution in [-0.4, -0.2) is 182 Å². The SMILES string of the molecule is C=CCN(C(=O)Cc1ccc(F)cc1)C1CCNCC1.C=CCN(C(=O)Cc1ccccc1)C1CCNCC1.CCCN(C(=O)Cc1ccc(F)cc1)C1CCNCC1.CCCN(C(=O)Cc1ccccc1)C1CCNCC1.CCN(C(=O)Cc1ccccc1)C1CCNCC1. The van der Waals surface area contributed by atoms with Crippen molar-refractivity contribution in [1.82, 2.24) is 51.1 Å². The number of likely N-dealkylation sites (N-methyl/N-ethyl adjacent to an activating group) is 1. The first-order valence-electron chi connectivity index (χ1n) is 35.7. The molecule has 522 valence electrons. The highest BCUT2D eigenvalue weighted by molar-refractivity contribution is 5.81. The number of halogens is 2. The van der Waals surface area contributed by atoms with Crippen molar-refractivity contribution >= 4 is 29.5 Å². The summed E-state index contributed by atoms with van der Waals surface area (Å²) < 4.78 is 25.8. The Morgan fingerprint density at radius 3 is 0.802 bits per heavy atom. The molecule has 0 atom stereocenters. The van der Waals surface area contributed by atoms with Crippen LogP contribution in [0.4, 0.5) is 8.78 Å². The predicted molar refractivity (Wildman–Crippen MR) is 385 cm³/mol. The molecule has 5 aliphatic rings. The molecule has 0 spiro atoms. The van der Waals surface area contributed by atoms with E-state index in [2.05, 4.69) is 65.4 Å². The standard InChI is InChI=1S/C16H23FN2O.C16H21FN2O.C16H24N2O.C16H22N2O.C15H22N2O/c2*1-2-11-19(15-7-9-18-10-8-15)16(20)12-13-3-5-14(17)6-4-13;2*1-2-12-18(15-8-10-17-11-9-15)16(19)13-14-6-4-3-5-7-14;1-2-17(14-8-10-16-11-9-14)15(18)12-13-6-4-3-5-7-13/h3-6,15,18H,2,7-12H2,1H3;2-6,15,18H,1,7-12H2;3-7,15,17H,2,8-13H2,1H3;2-7,15,17H,1,8-13H2;3-7,14,16H,2,8-12H2,1H3. The Hall–Kier alpha value is -7.41. The zero-order chi connectivity index (χ0) is 68.5. The summed E-state index contributed by atoms with van der Waals surface area (Å²) in [6.45, 7) is 27.5. The minimum Gasteiger partial charge on any atom is -0.340 e. The average molecular weight is 1320 g/mol. The van der Waals surface area contributed by atoms with Crippen molar-refractivity contribution in [2.45, 2.75) is 160 Å². The molecule has 0 unspecified atom stereocenters. The molecule has 0 bridgehead atoms. The van der Waals surface area contributed by atoms with Crippen LogP contribution in [0.5, 0.6) is 0 Å². The number of hydrogen-bond acceptors (Lipinski definition) is 10. The number of carbonyl (C=O) groups excluding carboxylic acids is 5. The van der Waals surface area contributed by atoms with E-state index in [1.54, 1.807) is 30.3 Å². The van der Waals surface area contributed by atoms with Crippen LogP contribution >= 0.6 is 0 Å². The van der Waals surface area contributed by atoms with E-state index in [1.807, 2.05) is 117 Å². The van der Waals surface area contributed by atoms with Crippen LogP contribution in [0.2, 0.25) is 0 Å². The lowest BCUT2D eigenvalue weighted by Gasteiger charge is -2.34. The first-order chi connectivity index (χ1) is 46.8. The lowest BCUT2D eigenvalue weighted by Crippen LogP contribution is -2.47. The van der Waals surface area contributed by atoms with Crippen LogP contribution in [0.1, 0.15) is 126 Å². The van der Waals surface area contributed by atoms with E-state index in [0.29, 0.717) is 69.4 Å². The highest BCUT2D eigenvalue weighted by Gasteiger charge is 2.29. The van der Waals surface area contributed by atoms with Gasteiger partial charge in [0.25, 0.3) is 0 Å². The highest BCUT2D eigenvalue weighted by Crippen LogP contribution is 2.20. The van der Waals surface area contributed by atoms with E-state index < -0.39 is 0 Å². The highest BCUT2D eigenvalue weighted by atomic mass is 19.1. The Morgan fingerprint density at radius 2 is 0.562 bits per heavy atom. The van der Waals surface area contributed by atoms with Crippen molar-refractivity contribution in [3.63, 3.8) is 0 Å². The van der Waals surface area contributed by atoms with Gasteiger partial charge < -0.3 is 51.1 Å². The van der Waals surface area contributed by atoms with Crippen LogP contribution in [0.3, 0.4) is 0 Å².